The minimum absolute atomic E-state index is 0.00170. The van der Waals surface area contributed by atoms with Gasteiger partial charge in [-0.05, 0) is 29.8 Å². The molecule has 1 heterocycles. The molecule has 0 aliphatic carbocycles. The Bertz CT molecular complexity index is 871. The molecule has 6 nitrogen and oxygen atoms in total. The van der Waals surface area contributed by atoms with Crippen molar-refractivity contribution >= 4 is 27.5 Å². The third-order valence-corrected chi connectivity index (χ3v) is 6.91. The predicted molar refractivity (Wildman–Crippen MR) is 88.6 cm³/mol. The molecule has 1 atom stereocenters. The smallest absolute Gasteiger partial charge is 0.258 e. The van der Waals surface area contributed by atoms with Gasteiger partial charge in [-0.3, -0.25) is 10.1 Å². The maximum Gasteiger partial charge on any atom is 0.269 e. The van der Waals surface area contributed by atoms with Crippen molar-refractivity contribution in [2.45, 2.75) is 10.3 Å². The Balaban J connectivity index is 1.97. The van der Waals surface area contributed by atoms with Crippen LogP contribution in [-0.4, -0.2) is 29.9 Å². The number of rotatable bonds is 4. The molecular weight excluding hydrogens is 355 g/mol. The topological polar surface area (TPSA) is 80.5 Å². The first-order valence-electron chi connectivity index (χ1n) is 7.03. The summed E-state index contributed by atoms with van der Waals surface area (Å²) in [4.78, 5) is 10.4. The molecule has 0 aromatic heterocycles. The maximum absolute atomic E-state index is 13.0. The van der Waals surface area contributed by atoms with Crippen molar-refractivity contribution in [3.8, 4) is 0 Å². The number of nitro groups is 1. The van der Waals surface area contributed by atoms with Crippen molar-refractivity contribution in [3.63, 3.8) is 0 Å². The Kier molecular flexibility index (Phi) is 4.57. The number of sulfonamides is 1. The van der Waals surface area contributed by atoms with Crippen molar-refractivity contribution in [3.05, 3.63) is 70.0 Å². The molecule has 24 heavy (non-hydrogen) atoms. The van der Waals surface area contributed by atoms with E-state index in [-0.39, 0.29) is 17.1 Å². The average Bonchev–Trinajstić information content (AvgIpc) is 3.06. The molecular formula is C15H13FN2O4S2. The van der Waals surface area contributed by atoms with E-state index in [0.29, 0.717) is 11.3 Å². The van der Waals surface area contributed by atoms with Crippen LogP contribution in [0.4, 0.5) is 10.1 Å². The van der Waals surface area contributed by atoms with Gasteiger partial charge in [0.05, 0.1) is 15.2 Å². The van der Waals surface area contributed by atoms with Gasteiger partial charge in [-0.25, -0.2) is 12.8 Å². The molecule has 0 amide bonds. The molecule has 0 N–H and O–H groups in total. The number of hydrogen-bond acceptors (Lipinski definition) is 5. The van der Waals surface area contributed by atoms with E-state index in [0.717, 1.165) is 12.1 Å². The van der Waals surface area contributed by atoms with Crippen LogP contribution in [0.3, 0.4) is 0 Å². The summed E-state index contributed by atoms with van der Waals surface area (Å²) < 4.78 is 39.9. The lowest BCUT2D eigenvalue weighted by molar-refractivity contribution is -0.384. The van der Waals surface area contributed by atoms with Crippen LogP contribution in [0, 0.1) is 15.9 Å². The van der Waals surface area contributed by atoms with Gasteiger partial charge in [0.2, 0.25) is 10.0 Å². The monoisotopic (exact) mass is 368 g/mol. The van der Waals surface area contributed by atoms with Crippen LogP contribution in [0.5, 0.6) is 0 Å². The third-order valence-electron chi connectivity index (χ3n) is 3.64. The van der Waals surface area contributed by atoms with E-state index in [1.807, 2.05) is 0 Å². The normalized spacial score (nSPS) is 18.6. The molecule has 1 saturated heterocycles. The summed E-state index contributed by atoms with van der Waals surface area (Å²) in [6.45, 7) is 0.289. The molecule has 126 valence electrons. The number of nitrogens with zero attached hydrogens (tertiary/aromatic N) is 2. The van der Waals surface area contributed by atoms with Gasteiger partial charge in [-0.2, -0.15) is 4.31 Å². The van der Waals surface area contributed by atoms with Crippen LogP contribution in [0.1, 0.15) is 10.9 Å². The molecule has 1 aliphatic heterocycles. The summed E-state index contributed by atoms with van der Waals surface area (Å²) in [5.41, 5.74) is 0.469. The molecule has 0 spiro atoms. The number of non-ortho nitro benzene ring substituents is 1. The maximum atomic E-state index is 13.0. The second kappa shape index (κ2) is 6.50. The van der Waals surface area contributed by atoms with Gasteiger partial charge in [-0.1, -0.05) is 12.1 Å². The number of halogens is 1. The highest BCUT2D eigenvalue weighted by Gasteiger charge is 2.37. The van der Waals surface area contributed by atoms with Gasteiger partial charge in [0, 0.05) is 24.4 Å². The van der Waals surface area contributed by atoms with E-state index >= 15 is 0 Å². The Morgan fingerprint density at radius 3 is 2.58 bits per heavy atom. The fourth-order valence-corrected chi connectivity index (χ4v) is 5.73. The van der Waals surface area contributed by atoms with Gasteiger partial charge >= 0.3 is 0 Å². The molecule has 3 rings (SSSR count). The molecule has 2 aromatic carbocycles. The van der Waals surface area contributed by atoms with Gasteiger partial charge in [0.1, 0.15) is 5.82 Å². The van der Waals surface area contributed by atoms with Crippen LogP contribution in [-0.2, 0) is 10.0 Å². The first kappa shape index (κ1) is 16.9. The standard InChI is InChI=1S/C15H13FN2O4S2/c16-12-4-6-14(7-5-12)24(21,22)17-8-9-23-15(17)11-2-1-3-13(10-11)18(19)20/h1-7,10,15H,8-9H2. The largest absolute Gasteiger partial charge is 0.269 e. The summed E-state index contributed by atoms with van der Waals surface area (Å²) >= 11 is 1.40. The summed E-state index contributed by atoms with van der Waals surface area (Å²) in [5.74, 6) is 0.0633. The minimum Gasteiger partial charge on any atom is -0.258 e. The number of hydrogen-bond donors (Lipinski definition) is 0. The SMILES string of the molecule is O=[N+]([O-])c1cccc(C2SCCN2S(=O)(=O)c2ccc(F)cc2)c1. The van der Waals surface area contributed by atoms with Crippen molar-refractivity contribution in [2.75, 3.05) is 12.3 Å². The highest BCUT2D eigenvalue weighted by molar-refractivity contribution is 8.01. The zero-order valence-electron chi connectivity index (χ0n) is 12.3. The highest BCUT2D eigenvalue weighted by atomic mass is 32.2. The zero-order chi connectivity index (χ0) is 17.3. The molecule has 0 bridgehead atoms. The molecule has 9 heteroatoms. The lowest BCUT2D eigenvalue weighted by atomic mass is 10.2. The molecule has 0 saturated carbocycles. The van der Waals surface area contributed by atoms with E-state index in [9.17, 15) is 22.9 Å². The molecule has 1 fully saturated rings. The van der Waals surface area contributed by atoms with E-state index in [1.54, 1.807) is 6.07 Å². The van der Waals surface area contributed by atoms with Gasteiger partial charge in [-0.15, -0.1) is 11.8 Å². The second-order valence-electron chi connectivity index (χ2n) is 5.14. The number of benzene rings is 2. The number of thioether (sulfide) groups is 1. The third kappa shape index (κ3) is 3.14. The van der Waals surface area contributed by atoms with Crippen LogP contribution < -0.4 is 0 Å². The van der Waals surface area contributed by atoms with Crippen LogP contribution >= 0.6 is 11.8 Å². The van der Waals surface area contributed by atoms with Gasteiger partial charge < -0.3 is 0 Å². The Morgan fingerprint density at radius 1 is 1.21 bits per heavy atom. The Labute approximate surface area is 142 Å². The predicted octanol–water partition coefficient (Wildman–Crippen LogP) is 3.17. The van der Waals surface area contributed by atoms with Crippen molar-refractivity contribution in [1.82, 2.24) is 4.31 Å². The van der Waals surface area contributed by atoms with E-state index in [4.69, 9.17) is 0 Å². The van der Waals surface area contributed by atoms with Crippen molar-refractivity contribution < 1.29 is 17.7 Å². The van der Waals surface area contributed by atoms with Gasteiger partial charge in [0.25, 0.3) is 5.69 Å². The fourth-order valence-electron chi connectivity index (χ4n) is 2.50. The lowest BCUT2D eigenvalue weighted by Crippen LogP contribution is -2.30. The first-order valence-corrected chi connectivity index (χ1v) is 9.52. The van der Waals surface area contributed by atoms with Crippen LogP contribution in [0.15, 0.2) is 53.4 Å². The quantitative estimate of drug-likeness (QED) is 0.612. The van der Waals surface area contributed by atoms with Crippen LogP contribution in [0.2, 0.25) is 0 Å². The summed E-state index contributed by atoms with van der Waals surface area (Å²) in [5, 5.41) is 10.4. The lowest BCUT2D eigenvalue weighted by Gasteiger charge is -2.23. The van der Waals surface area contributed by atoms with Crippen molar-refractivity contribution in [1.29, 1.82) is 0 Å². The summed E-state index contributed by atoms with van der Waals surface area (Å²) in [6.07, 6.45) is 0. The van der Waals surface area contributed by atoms with E-state index in [1.165, 1.54) is 46.4 Å². The van der Waals surface area contributed by atoms with Crippen LogP contribution in [0.25, 0.3) is 0 Å². The van der Waals surface area contributed by atoms with Crippen molar-refractivity contribution in [2.24, 2.45) is 0 Å². The Hall–Kier alpha value is -1.97. The summed E-state index contributed by atoms with van der Waals surface area (Å²) in [7, 11) is -3.81. The van der Waals surface area contributed by atoms with E-state index < -0.39 is 26.1 Å². The highest BCUT2D eigenvalue weighted by Crippen LogP contribution is 2.42. The first-order chi connectivity index (χ1) is 11.4. The fraction of sp³-hybridized carbons (Fsp3) is 0.200. The average molecular weight is 368 g/mol. The summed E-state index contributed by atoms with van der Waals surface area (Å²) in [6, 6.07) is 10.6. The minimum atomic E-state index is -3.81. The molecule has 2 aromatic rings. The number of nitro benzene ring substituents is 1. The molecule has 1 aliphatic rings. The zero-order valence-corrected chi connectivity index (χ0v) is 14.0. The second-order valence-corrected chi connectivity index (χ2v) is 8.22. The molecule has 0 radical (unpaired) electrons. The van der Waals surface area contributed by atoms with Gasteiger partial charge in [0.15, 0.2) is 0 Å². The van der Waals surface area contributed by atoms with E-state index in [2.05, 4.69) is 0 Å². The Morgan fingerprint density at radius 2 is 1.92 bits per heavy atom. The molecule has 1 unspecified atom stereocenters.